The quantitative estimate of drug-likeness (QED) is 0.146. The number of hydrogen-bond acceptors (Lipinski definition) is 3. The van der Waals surface area contributed by atoms with Gasteiger partial charge in [-0.2, -0.15) is 0 Å². The zero-order valence-corrected chi connectivity index (χ0v) is 23.7. The Morgan fingerprint density at radius 1 is 1.00 bits per heavy atom. The van der Waals surface area contributed by atoms with E-state index in [1.54, 1.807) is 5.57 Å². The second-order valence-corrected chi connectivity index (χ2v) is 11.8. The first-order valence-corrected chi connectivity index (χ1v) is 15.3. The van der Waals surface area contributed by atoms with E-state index >= 15 is 0 Å². The van der Waals surface area contributed by atoms with Gasteiger partial charge in [0, 0.05) is 18.1 Å². The first kappa shape index (κ1) is 29.7. The normalized spacial score (nSPS) is 22.8. The van der Waals surface area contributed by atoms with Crippen LogP contribution in [-0.2, 0) is 9.53 Å². The van der Waals surface area contributed by atoms with Crippen LogP contribution < -0.4 is 0 Å². The van der Waals surface area contributed by atoms with Crippen LogP contribution in [0.3, 0.4) is 0 Å². The van der Waals surface area contributed by atoms with Crippen LogP contribution in [0.2, 0.25) is 0 Å². The van der Waals surface area contributed by atoms with Crippen LogP contribution in [0.4, 0.5) is 0 Å². The molecule has 2 unspecified atom stereocenters. The highest BCUT2D eigenvalue weighted by atomic mass is 16.5. The largest absolute Gasteiger partial charge is 0.462 e. The summed E-state index contributed by atoms with van der Waals surface area (Å²) in [5.74, 6) is 1.84. The molecule has 2 aliphatic rings. The Morgan fingerprint density at radius 2 is 1.73 bits per heavy atom. The molecule has 0 aliphatic heterocycles. The van der Waals surface area contributed by atoms with Gasteiger partial charge in [0.1, 0.15) is 0 Å². The summed E-state index contributed by atoms with van der Waals surface area (Å²) in [5.41, 5.74) is 4.95. The van der Waals surface area contributed by atoms with Gasteiger partial charge in [0.25, 0.3) is 0 Å². The lowest BCUT2D eigenvalue weighted by atomic mass is 9.75. The first-order chi connectivity index (χ1) is 18.0. The number of carbonyl (C=O) groups excluding carboxylic acids is 1. The third kappa shape index (κ3) is 9.74. The average molecular weight is 509 g/mol. The van der Waals surface area contributed by atoms with Gasteiger partial charge in [-0.1, -0.05) is 89.3 Å². The van der Waals surface area contributed by atoms with Gasteiger partial charge in [-0.25, -0.2) is 4.79 Å². The van der Waals surface area contributed by atoms with Crippen LogP contribution in [0, 0.1) is 17.8 Å². The van der Waals surface area contributed by atoms with Gasteiger partial charge in [-0.05, 0) is 92.2 Å². The Bertz CT molecular complexity index is 844. The highest BCUT2D eigenvalue weighted by Crippen LogP contribution is 2.39. The van der Waals surface area contributed by atoms with Crippen molar-refractivity contribution in [1.82, 2.24) is 0 Å². The van der Waals surface area contributed by atoms with E-state index < -0.39 is 0 Å². The number of benzene rings is 1. The Hall–Kier alpha value is -1.87. The summed E-state index contributed by atoms with van der Waals surface area (Å²) >= 11 is 0. The lowest BCUT2D eigenvalue weighted by molar-refractivity contribution is -0.141. The Balaban J connectivity index is 1.40. The molecule has 0 radical (unpaired) electrons. The maximum Gasteiger partial charge on any atom is 0.333 e. The second-order valence-electron chi connectivity index (χ2n) is 11.8. The fourth-order valence-corrected chi connectivity index (χ4v) is 6.26. The van der Waals surface area contributed by atoms with Crippen LogP contribution in [-0.4, -0.2) is 24.3 Å². The highest BCUT2D eigenvalue weighted by Gasteiger charge is 2.25. The number of unbranched alkanes of at least 4 members (excludes halogenated alkanes) is 4. The van der Waals surface area contributed by atoms with E-state index in [1.165, 1.54) is 94.6 Å². The summed E-state index contributed by atoms with van der Waals surface area (Å²) < 4.78 is 5.37. The van der Waals surface area contributed by atoms with Crippen molar-refractivity contribution in [3.8, 4) is 0 Å². The Labute approximate surface area is 226 Å². The van der Waals surface area contributed by atoms with E-state index in [4.69, 9.17) is 4.74 Å². The summed E-state index contributed by atoms with van der Waals surface area (Å²) in [5, 5.41) is 9.79. The second kappa shape index (κ2) is 16.2. The number of ether oxygens (including phenoxy) is 1. The number of esters is 1. The fourth-order valence-electron chi connectivity index (χ4n) is 6.26. The maximum atomic E-state index is 11.9. The SMILES string of the molecule is C=C(CC)C(=O)OCC(CO)CC1CCC(c2ccc(C3=CCC(CCCCCCC)CC3)cc2)CC1. The summed E-state index contributed by atoms with van der Waals surface area (Å²) in [6.45, 7) is 8.30. The lowest BCUT2D eigenvalue weighted by Gasteiger charge is -2.31. The summed E-state index contributed by atoms with van der Waals surface area (Å²) in [6, 6.07) is 9.46. The summed E-state index contributed by atoms with van der Waals surface area (Å²) in [7, 11) is 0. The molecule has 206 valence electrons. The van der Waals surface area contributed by atoms with Crippen molar-refractivity contribution in [2.75, 3.05) is 13.2 Å². The smallest absolute Gasteiger partial charge is 0.333 e. The van der Waals surface area contributed by atoms with Crippen LogP contribution in [0.15, 0.2) is 42.5 Å². The van der Waals surface area contributed by atoms with Crippen molar-refractivity contribution >= 4 is 11.5 Å². The molecule has 1 N–H and O–H groups in total. The number of carbonyl (C=O) groups is 1. The van der Waals surface area contributed by atoms with Gasteiger partial charge in [-0.15, -0.1) is 0 Å². The standard InChI is InChI=1S/C34H52O3/c1-4-6-7-8-9-10-27-11-15-30(16-12-27)32-19-21-33(22-20-32)31-17-13-28(14-18-31)23-29(24-35)25-37-34(36)26(3)5-2/h15,19-22,27-29,31,35H,3-14,16-18,23-25H2,1-2H3. The molecule has 1 aromatic rings. The van der Waals surface area contributed by atoms with E-state index in [-0.39, 0.29) is 18.5 Å². The minimum Gasteiger partial charge on any atom is -0.462 e. The van der Waals surface area contributed by atoms with Gasteiger partial charge in [0.15, 0.2) is 0 Å². The maximum absolute atomic E-state index is 11.9. The number of rotatable bonds is 15. The molecular weight excluding hydrogens is 456 g/mol. The van der Waals surface area contributed by atoms with Crippen molar-refractivity contribution in [3.63, 3.8) is 0 Å². The Morgan fingerprint density at radius 3 is 2.35 bits per heavy atom. The molecule has 0 heterocycles. The van der Waals surface area contributed by atoms with Crippen LogP contribution in [0.25, 0.3) is 5.57 Å². The molecule has 1 saturated carbocycles. The first-order valence-electron chi connectivity index (χ1n) is 15.3. The van der Waals surface area contributed by atoms with E-state index in [1.807, 2.05) is 6.92 Å². The van der Waals surface area contributed by atoms with Crippen molar-refractivity contribution in [2.24, 2.45) is 17.8 Å². The molecular formula is C34H52O3. The molecule has 1 fully saturated rings. The Kier molecular flexibility index (Phi) is 13.0. The topological polar surface area (TPSA) is 46.5 Å². The highest BCUT2D eigenvalue weighted by molar-refractivity contribution is 5.87. The van der Waals surface area contributed by atoms with E-state index in [2.05, 4.69) is 43.8 Å². The molecule has 37 heavy (non-hydrogen) atoms. The molecule has 2 aliphatic carbocycles. The summed E-state index contributed by atoms with van der Waals surface area (Å²) in [6.07, 6.45) is 21.1. The molecule has 0 aromatic heterocycles. The number of aliphatic hydroxyl groups is 1. The zero-order valence-electron chi connectivity index (χ0n) is 23.7. The van der Waals surface area contributed by atoms with Gasteiger partial charge < -0.3 is 9.84 Å². The van der Waals surface area contributed by atoms with Crippen LogP contribution in [0.1, 0.15) is 127 Å². The minimum atomic E-state index is -0.324. The average Bonchev–Trinajstić information content (AvgIpc) is 2.95. The van der Waals surface area contributed by atoms with Crippen molar-refractivity contribution in [3.05, 3.63) is 53.6 Å². The molecule has 2 atom stereocenters. The van der Waals surface area contributed by atoms with Crippen LogP contribution in [0.5, 0.6) is 0 Å². The third-order valence-electron chi connectivity index (χ3n) is 8.93. The van der Waals surface area contributed by atoms with Gasteiger partial charge >= 0.3 is 5.97 Å². The van der Waals surface area contributed by atoms with Gasteiger partial charge in [0.05, 0.1) is 6.61 Å². The third-order valence-corrected chi connectivity index (χ3v) is 8.93. The monoisotopic (exact) mass is 508 g/mol. The molecule has 0 amide bonds. The lowest BCUT2D eigenvalue weighted by Crippen LogP contribution is -2.23. The van der Waals surface area contributed by atoms with Crippen molar-refractivity contribution in [1.29, 1.82) is 0 Å². The fraction of sp³-hybridized carbons (Fsp3) is 0.676. The predicted molar refractivity (Wildman–Crippen MR) is 155 cm³/mol. The van der Waals surface area contributed by atoms with Gasteiger partial charge in [0.2, 0.25) is 0 Å². The summed E-state index contributed by atoms with van der Waals surface area (Å²) in [4.78, 5) is 11.9. The molecule has 1 aromatic carbocycles. The van der Waals surface area contributed by atoms with E-state index in [9.17, 15) is 9.90 Å². The minimum absolute atomic E-state index is 0.0267. The zero-order chi connectivity index (χ0) is 26.5. The predicted octanol–water partition coefficient (Wildman–Crippen LogP) is 9.01. The molecule has 3 heteroatoms. The molecule has 0 bridgehead atoms. The molecule has 3 rings (SSSR count). The molecule has 0 spiro atoms. The number of hydrogen-bond donors (Lipinski definition) is 1. The number of aliphatic hydroxyl groups excluding tert-OH is 1. The van der Waals surface area contributed by atoms with E-state index in [0.29, 0.717) is 30.4 Å². The number of allylic oxidation sites excluding steroid dienone is 2. The van der Waals surface area contributed by atoms with Crippen molar-refractivity contribution in [2.45, 2.75) is 116 Å². The molecule has 0 saturated heterocycles. The van der Waals surface area contributed by atoms with E-state index in [0.717, 1.165) is 12.3 Å². The van der Waals surface area contributed by atoms with Gasteiger partial charge in [-0.3, -0.25) is 0 Å². The molecule has 3 nitrogen and oxygen atoms in total. The van der Waals surface area contributed by atoms with Crippen molar-refractivity contribution < 1.29 is 14.6 Å². The van der Waals surface area contributed by atoms with Crippen LogP contribution >= 0.6 is 0 Å².